The molecule has 3 heteroatoms. The SMILES string of the molecule is CC1(C)CCN(C(=O)/C=C/c2cccc(N)c2)CC1. The minimum atomic E-state index is 0.0953. The van der Waals surface area contributed by atoms with E-state index < -0.39 is 0 Å². The quantitative estimate of drug-likeness (QED) is 0.655. The first-order valence-corrected chi connectivity index (χ1v) is 6.79. The van der Waals surface area contributed by atoms with Crippen LogP contribution in [0.3, 0.4) is 0 Å². The molecule has 1 heterocycles. The molecule has 3 nitrogen and oxygen atoms in total. The number of hydrogen-bond donors (Lipinski definition) is 1. The molecule has 1 fully saturated rings. The molecule has 1 amide bonds. The molecular weight excluding hydrogens is 236 g/mol. The topological polar surface area (TPSA) is 46.3 Å². The van der Waals surface area contributed by atoms with E-state index in [0.29, 0.717) is 11.1 Å². The molecule has 0 aromatic heterocycles. The van der Waals surface area contributed by atoms with Crippen LogP contribution < -0.4 is 5.73 Å². The number of likely N-dealkylation sites (tertiary alicyclic amines) is 1. The number of hydrogen-bond acceptors (Lipinski definition) is 2. The lowest BCUT2D eigenvalue weighted by Gasteiger charge is -2.36. The Balaban J connectivity index is 1.95. The number of carbonyl (C=O) groups is 1. The Bertz CT molecular complexity index is 481. The highest BCUT2D eigenvalue weighted by Crippen LogP contribution is 2.29. The zero-order valence-corrected chi connectivity index (χ0v) is 11.7. The second-order valence-corrected chi connectivity index (χ2v) is 5.99. The van der Waals surface area contributed by atoms with E-state index in [2.05, 4.69) is 13.8 Å². The Labute approximate surface area is 115 Å². The summed E-state index contributed by atoms with van der Waals surface area (Å²) in [5.74, 6) is 0.0953. The number of piperidine rings is 1. The molecule has 19 heavy (non-hydrogen) atoms. The van der Waals surface area contributed by atoms with Crippen LogP contribution in [0.4, 0.5) is 5.69 Å². The van der Waals surface area contributed by atoms with Gasteiger partial charge in [0.25, 0.3) is 0 Å². The average molecular weight is 258 g/mol. The first-order chi connectivity index (χ1) is 8.96. The van der Waals surface area contributed by atoms with Crippen LogP contribution in [-0.4, -0.2) is 23.9 Å². The highest BCUT2D eigenvalue weighted by Gasteiger charge is 2.26. The highest BCUT2D eigenvalue weighted by atomic mass is 16.2. The van der Waals surface area contributed by atoms with Crippen molar-refractivity contribution in [1.82, 2.24) is 4.90 Å². The van der Waals surface area contributed by atoms with Crippen LogP contribution in [-0.2, 0) is 4.79 Å². The summed E-state index contributed by atoms with van der Waals surface area (Å²) in [7, 11) is 0. The van der Waals surface area contributed by atoms with Crippen molar-refractivity contribution >= 4 is 17.7 Å². The lowest BCUT2D eigenvalue weighted by Crippen LogP contribution is -2.40. The van der Waals surface area contributed by atoms with Gasteiger partial charge in [0.1, 0.15) is 0 Å². The van der Waals surface area contributed by atoms with Crippen LogP contribution in [0.1, 0.15) is 32.3 Å². The summed E-state index contributed by atoms with van der Waals surface area (Å²) in [6.45, 7) is 6.23. The third-order valence-corrected chi connectivity index (χ3v) is 3.76. The summed E-state index contributed by atoms with van der Waals surface area (Å²) in [6.07, 6.45) is 5.63. The highest BCUT2D eigenvalue weighted by molar-refractivity contribution is 5.91. The Hall–Kier alpha value is -1.77. The number of benzene rings is 1. The maximum atomic E-state index is 12.1. The third-order valence-electron chi connectivity index (χ3n) is 3.76. The molecule has 1 aliphatic rings. The van der Waals surface area contributed by atoms with E-state index >= 15 is 0 Å². The lowest BCUT2D eigenvalue weighted by molar-refractivity contribution is -0.127. The number of nitrogens with zero attached hydrogens (tertiary/aromatic N) is 1. The fraction of sp³-hybridized carbons (Fsp3) is 0.438. The van der Waals surface area contributed by atoms with E-state index in [-0.39, 0.29) is 5.91 Å². The fourth-order valence-corrected chi connectivity index (χ4v) is 2.27. The average Bonchev–Trinajstić information content (AvgIpc) is 2.36. The van der Waals surface area contributed by atoms with Crippen molar-refractivity contribution in [3.05, 3.63) is 35.9 Å². The van der Waals surface area contributed by atoms with Crippen molar-refractivity contribution in [3.63, 3.8) is 0 Å². The van der Waals surface area contributed by atoms with Gasteiger partial charge in [-0.3, -0.25) is 4.79 Å². The van der Waals surface area contributed by atoms with Gasteiger partial charge in [0.2, 0.25) is 5.91 Å². The largest absolute Gasteiger partial charge is 0.399 e. The van der Waals surface area contributed by atoms with E-state index in [4.69, 9.17) is 5.73 Å². The smallest absolute Gasteiger partial charge is 0.246 e. The van der Waals surface area contributed by atoms with Crippen LogP contribution in [0.2, 0.25) is 0 Å². The lowest BCUT2D eigenvalue weighted by atomic mass is 9.83. The van der Waals surface area contributed by atoms with Gasteiger partial charge in [-0.2, -0.15) is 0 Å². The fourth-order valence-electron chi connectivity index (χ4n) is 2.27. The van der Waals surface area contributed by atoms with Crippen molar-refractivity contribution in [2.75, 3.05) is 18.8 Å². The molecule has 0 atom stereocenters. The van der Waals surface area contributed by atoms with E-state index in [0.717, 1.165) is 31.5 Å². The van der Waals surface area contributed by atoms with Crippen LogP contribution in [0.25, 0.3) is 6.08 Å². The molecular formula is C16H22N2O. The Morgan fingerprint density at radius 3 is 2.63 bits per heavy atom. The summed E-state index contributed by atoms with van der Waals surface area (Å²) in [5, 5.41) is 0. The van der Waals surface area contributed by atoms with Crippen molar-refractivity contribution < 1.29 is 4.79 Å². The summed E-state index contributed by atoms with van der Waals surface area (Å²) in [6, 6.07) is 7.54. The van der Waals surface area contributed by atoms with Crippen molar-refractivity contribution in [1.29, 1.82) is 0 Å². The van der Waals surface area contributed by atoms with Gasteiger partial charge in [-0.15, -0.1) is 0 Å². The van der Waals surface area contributed by atoms with Gasteiger partial charge in [-0.1, -0.05) is 26.0 Å². The molecule has 1 aromatic rings. The van der Waals surface area contributed by atoms with Crippen LogP contribution >= 0.6 is 0 Å². The van der Waals surface area contributed by atoms with Gasteiger partial charge in [0.05, 0.1) is 0 Å². The summed E-state index contributed by atoms with van der Waals surface area (Å²) in [4.78, 5) is 14.0. The van der Waals surface area contributed by atoms with Gasteiger partial charge in [-0.25, -0.2) is 0 Å². The van der Waals surface area contributed by atoms with E-state index in [9.17, 15) is 4.79 Å². The first kappa shape index (κ1) is 13.7. The third kappa shape index (κ3) is 3.85. The molecule has 0 aliphatic carbocycles. The monoisotopic (exact) mass is 258 g/mol. The zero-order valence-electron chi connectivity index (χ0n) is 11.7. The van der Waals surface area contributed by atoms with Crippen molar-refractivity contribution in [2.45, 2.75) is 26.7 Å². The number of nitrogen functional groups attached to an aromatic ring is 1. The number of nitrogens with two attached hydrogens (primary N) is 1. The summed E-state index contributed by atoms with van der Waals surface area (Å²) >= 11 is 0. The number of amides is 1. The van der Waals surface area contributed by atoms with Crippen LogP contribution in [0, 0.1) is 5.41 Å². The summed E-state index contributed by atoms with van der Waals surface area (Å²) < 4.78 is 0. The second kappa shape index (κ2) is 5.47. The van der Waals surface area contributed by atoms with Crippen molar-refractivity contribution in [2.24, 2.45) is 5.41 Å². The molecule has 1 aliphatic heterocycles. The van der Waals surface area contributed by atoms with Crippen molar-refractivity contribution in [3.8, 4) is 0 Å². The van der Waals surface area contributed by atoms with E-state index in [1.807, 2.05) is 35.2 Å². The first-order valence-electron chi connectivity index (χ1n) is 6.79. The van der Waals surface area contributed by atoms with Crippen LogP contribution in [0.5, 0.6) is 0 Å². The predicted octanol–water partition coefficient (Wildman–Crippen LogP) is 2.93. The molecule has 0 spiro atoms. The summed E-state index contributed by atoms with van der Waals surface area (Å²) in [5.41, 5.74) is 7.76. The molecule has 1 saturated heterocycles. The Morgan fingerprint density at radius 1 is 1.32 bits per heavy atom. The maximum absolute atomic E-state index is 12.1. The van der Waals surface area contributed by atoms with Gasteiger partial charge in [0.15, 0.2) is 0 Å². The maximum Gasteiger partial charge on any atom is 0.246 e. The molecule has 0 radical (unpaired) electrons. The molecule has 1 aromatic carbocycles. The van der Waals surface area contributed by atoms with Gasteiger partial charge in [-0.05, 0) is 42.0 Å². The van der Waals surface area contributed by atoms with Gasteiger partial charge in [0, 0.05) is 24.9 Å². The number of rotatable bonds is 2. The van der Waals surface area contributed by atoms with E-state index in [1.54, 1.807) is 6.08 Å². The van der Waals surface area contributed by atoms with Gasteiger partial charge >= 0.3 is 0 Å². The zero-order chi connectivity index (χ0) is 13.9. The standard InChI is InChI=1S/C16H22N2O/c1-16(2)8-10-18(11-9-16)15(19)7-6-13-4-3-5-14(17)12-13/h3-7,12H,8-11,17H2,1-2H3/b7-6+. The molecule has 0 bridgehead atoms. The van der Waals surface area contributed by atoms with Gasteiger partial charge < -0.3 is 10.6 Å². The minimum absolute atomic E-state index is 0.0953. The van der Waals surface area contributed by atoms with E-state index in [1.165, 1.54) is 0 Å². The Kier molecular flexibility index (Phi) is 3.93. The normalized spacial score (nSPS) is 18.7. The molecule has 2 N–H and O–H groups in total. The molecule has 2 rings (SSSR count). The molecule has 102 valence electrons. The number of anilines is 1. The predicted molar refractivity (Wildman–Crippen MR) is 79.5 cm³/mol. The molecule has 0 unspecified atom stereocenters. The second-order valence-electron chi connectivity index (χ2n) is 5.99. The molecule has 0 saturated carbocycles. The minimum Gasteiger partial charge on any atom is -0.399 e. The number of carbonyl (C=O) groups excluding carboxylic acids is 1. The van der Waals surface area contributed by atoms with Crippen LogP contribution in [0.15, 0.2) is 30.3 Å². The Morgan fingerprint density at radius 2 is 2.00 bits per heavy atom.